The Morgan fingerprint density at radius 3 is 2.77 bits per heavy atom. The van der Waals surface area contributed by atoms with Crippen LogP contribution in [0.25, 0.3) is 16.0 Å². The highest BCUT2D eigenvalue weighted by Crippen LogP contribution is 2.50. The normalized spacial score (nSPS) is 20.5. The maximum absolute atomic E-state index is 12.9. The van der Waals surface area contributed by atoms with Crippen LogP contribution in [-0.2, 0) is 23.7 Å². The smallest absolute Gasteiger partial charge is 0.340 e. The molecule has 2 aliphatic rings. The summed E-state index contributed by atoms with van der Waals surface area (Å²) in [6, 6.07) is 9.83. The number of nitrogens with one attached hydrogen (secondary N) is 1. The van der Waals surface area contributed by atoms with Crippen molar-refractivity contribution >= 4 is 22.6 Å². The first-order valence-corrected chi connectivity index (χ1v) is 11.3. The molecule has 8 heteroatoms. The lowest BCUT2D eigenvalue weighted by atomic mass is 9.99. The maximum atomic E-state index is 12.9. The molecule has 3 heterocycles. The third-order valence-corrected chi connectivity index (χ3v) is 6.58. The molecule has 2 aliphatic heterocycles. The average Bonchev–Trinajstić information content (AvgIpc) is 3.37. The van der Waals surface area contributed by atoms with Crippen molar-refractivity contribution in [2.45, 2.75) is 12.5 Å². The van der Waals surface area contributed by atoms with Crippen molar-refractivity contribution in [3.05, 3.63) is 53.5 Å². The van der Waals surface area contributed by atoms with E-state index < -0.39 is 11.6 Å². The average molecular weight is 446 g/mol. The van der Waals surface area contributed by atoms with Gasteiger partial charge in [0.1, 0.15) is 24.6 Å². The van der Waals surface area contributed by atoms with Crippen molar-refractivity contribution in [3.8, 4) is 11.1 Å². The Bertz CT molecular complexity index is 941. The number of thioether (sulfide) groups is 1. The van der Waals surface area contributed by atoms with Gasteiger partial charge >= 0.3 is 5.97 Å². The largest absolute Gasteiger partial charge is 0.491 e. The van der Waals surface area contributed by atoms with E-state index in [0.717, 1.165) is 33.2 Å². The molecule has 1 fully saturated rings. The number of hydrogen-bond donors (Lipinski definition) is 1. The second kappa shape index (κ2) is 9.91. The van der Waals surface area contributed by atoms with Crippen LogP contribution in [0.1, 0.15) is 23.0 Å². The summed E-state index contributed by atoms with van der Waals surface area (Å²) in [5.41, 5.74) is 2.62. The standard InChI is InChI=1S/C23H27NO6S/c1-23-15-31-20(21(23)28-12-13-30-23)19-18(16-6-4-3-5-7-16)17(14-24-19)22(25)29-11-10-27-9-8-26-2/h3-7,14,24H,8-13,15H2,1-2H3. The number of esters is 1. The van der Waals surface area contributed by atoms with E-state index in [1.165, 1.54) is 0 Å². The number of carbonyl (C=O) groups is 1. The molecule has 0 bridgehead atoms. The van der Waals surface area contributed by atoms with Crippen molar-refractivity contribution < 1.29 is 28.5 Å². The van der Waals surface area contributed by atoms with Crippen molar-refractivity contribution in [2.75, 3.05) is 52.5 Å². The molecule has 1 saturated heterocycles. The topological polar surface area (TPSA) is 79.0 Å². The first-order chi connectivity index (χ1) is 15.1. The lowest BCUT2D eigenvalue weighted by Crippen LogP contribution is -2.38. The second-order valence-electron chi connectivity index (χ2n) is 7.43. The van der Waals surface area contributed by atoms with Crippen molar-refractivity contribution in [1.29, 1.82) is 0 Å². The van der Waals surface area contributed by atoms with Crippen LogP contribution >= 0.6 is 11.8 Å². The van der Waals surface area contributed by atoms with Gasteiger partial charge in [0.2, 0.25) is 0 Å². The summed E-state index contributed by atoms with van der Waals surface area (Å²) < 4.78 is 27.8. The number of carbonyl (C=O) groups excluding carboxylic acids is 1. The second-order valence-corrected chi connectivity index (χ2v) is 8.42. The Morgan fingerprint density at radius 1 is 1.16 bits per heavy atom. The number of aromatic nitrogens is 1. The summed E-state index contributed by atoms with van der Waals surface area (Å²) in [4.78, 5) is 17.2. The molecule has 2 aromatic rings. The summed E-state index contributed by atoms with van der Waals surface area (Å²) >= 11 is 1.68. The lowest BCUT2D eigenvalue weighted by Gasteiger charge is -2.32. The number of methoxy groups -OCH3 is 1. The fourth-order valence-electron chi connectivity index (χ4n) is 3.69. The summed E-state index contributed by atoms with van der Waals surface area (Å²) in [5, 5.41) is 0. The molecule has 7 nitrogen and oxygen atoms in total. The fraction of sp³-hybridized carbons (Fsp3) is 0.435. The molecule has 0 radical (unpaired) electrons. The van der Waals surface area contributed by atoms with Gasteiger partial charge in [-0.3, -0.25) is 0 Å². The lowest BCUT2D eigenvalue weighted by molar-refractivity contribution is -0.0864. The van der Waals surface area contributed by atoms with Crippen LogP contribution in [0.4, 0.5) is 0 Å². The number of rotatable bonds is 9. The van der Waals surface area contributed by atoms with Gasteiger partial charge in [-0.1, -0.05) is 30.3 Å². The first-order valence-electron chi connectivity index (χ1n) is 10.3. The molecule has 0 amide bonds. The molecule has 31 heavy (non-hydrogen) atoms. The van der Waals surface area contributed by atoms with Crippen LogP contribution in [0.15, 0.2) is 42.3 Å². The summed E-state index contributed by atoms with van der Waals surface area (Å²) in [6.45, 7) is 4.62. The van der Waals surface area contributed by atoms with E-state index in [9.17, 15) is 4.79 Å². The van der Waals surface area contributed by atoms with Gasteiger partial charge < -0.3 is 28.7 Å². The van der Waals surface area contributed by atoms with Gasteiger partial charge in [-0.15, -0.1) is 11.8 Å². The van der Waals surface area contributed by atoms with Gasteiger partial charge in [0.15, 0.2) is 0 Å². The van der Waals surface area contributed by atoms with Crippen LogP contribution in [0.5, 0.6) is 0 Å². The van der Waals surface area contributed by atoms with E-state index in [2.05, 4.69) is 4.98 Å². The van der Waals surface area contributed by atoms with Crippen LogP contribution in [0.2, 0.25) is 0 Å². The number of aromatic amines is 1. The van der Waals surface area contributed by atoms with E-state index in [1.807, 2.05) is 37.3 Å². The van der Waals surface area contributed by atoms with Gasteiger partial charge in [-0.2, -0.15) is 0 Å². The number of H-pyrrole nitrogens is 1. The highest BCUT2D eigenvalue weighted by Gasteiger charge is 2.44. The van der Waals surface area contributed by atoms with E-state index in [-0.39, 0.29) is 6.61 Å². The van der Waals surface area contributed by atoms with Gasteiger partial charge in [0, 0.05) is 24.6 Å². The van der Waals surface area contributed by atoms with Gasteiger partial charge in [0.25, 0.3) is 0 Å². The highest BCUT2D eigenvalue weighted by atomic mass is 32.2. The summed E-state index contributed by atoms with van der Waals surface area (Å²) in [7, 11) is 1.62. The monoisotopic (exact) mass is 445 g/mol. The van der Waals surface area contributed by atoms with Crippen LogP contribution < -0.4 is 0 Å². The van der Waals surface area contributed by atoms with Crippen LogP contribution in [0.3, 0.4) is 0 Å². The highest BCUT2D eigenvalue weighted by molar-refractivity contribution is 8.08. The number of ether oxygens (including phenoxy) is 5. The molecule has 0 saturated carbocycles. The summed E-state index contributed by atoms with van der Waals surface area (Å²) in [5.74, 6) is 1.20. The quantitative estimate of drug-likeness (QED) is 0.465. The number of benzene rings is 1. The fourth-order valence-corrected chi connectivity index (χ4v) is 5.03. The zero-order valence-electron chi connectivity index (χ0n) is 17.8. The Labute approximate surface area is 186 Å². The Balaban J connectivity index is 1.62. The van der Waals surface area contributed by atoms with Crippen molar-refractivity contribution in [2.24, 2.45) is 0 Å². The van der Waals surface area contributed by atoms with E-state index >= 15 is 0 Å². The molecule has 0 spiro atoms. The number of hydrogen-bond acceptors (Lipinski definition) is 7. The molecular formula is C23H27NO6S. The molecule has 166 valence electrons. The zero-order valence-corrected chi connectivity index (χ0v) is 18.6. The first kappa shape index (κ1) is 22.0. The Hall–Kier alpha value is -2.26. The third kappa shape index (κ3) is 4.67. The Kier molecular flexibility index (Phi) is 7.02. The minimum atomic E-state index is -0.447. The molecule has 4 rings (SSSR count). The molecule has 0 aliphatic carbocycles. The SMILES string of the molecule is COCCOCCOC(=O)c1c[nH]c(C2=C3OCCOC3(C)CS2)c1-c1ccccc1. The van der Waals surface area contributed by atoms with Crippen LogP contribution in [0, 0.1) is 0 Å². The van der Waals surface area contributed by atoms with Gasteiger partial charge in [-0.05, 0) is 12.5 Å². The molecule has 1 aromatic heterocycles. The van der Waals surface area contributed by atoms with Crippen molar-refractivity contribution in [3.63, 3.8) is 0 Å². The van der Waals surface area contributed by atoms with E-state index in [4.69, 9.17) is 23.7 Å². The molecule has 1 atom stereocenters. The third-order valence-electron chi connectivity index (χ3n) is 5.21. The van der Waals surface area contributed by atoms with Crippen molar-refractivity contribution in [1.82, 2.24) is 4.98 Å². The molecule has 1 N–H and O–H groups in total. The molecule has 1 unspecified atom stereocenters. The van der Waals surface area contributed by atoms with E-state index in [0.29, 0.717) is 38.6 Å². The predicted octanol–water partition coefficient (Wildman–Crippen LogP) is 3.72. The van der Waals surface area contributed by atoms with Gasteiger partial charge in [0.05, 0.1) is 42.6 Å². The van der Waals surface area contributed by atoms with E-state index in [1.54, 1.807) is 25.1 Å². The summed E-state index contributed by atoms with van der Waals surface area (Å²) in [6.07, 6.45) is 1.71. The zero-order chi connectivity index (χ0) is 21.7. The molecule has 1 aromatic carbocycles. The maximum Gasteiger partial charge on any atom is 0.340 e. The van der Waals surface area contributed by atoms with Gasteiger partial charge in [-0.25, -0.2) is 4.79 Å². The van der Waals surface area contributed by atoms with Crippen LogP contribution in [-0.4, -0.2) is 69.1 Å². The minimum Gasteiger partial charge on any atom is -0.491 e. The predicted molar refractivity (Wildman–Crippen MR) is 119 cm³/mol. The Morgan fingerprint density at radius 2 is 1.97 bits per heavy atom. The number of fused-ring (bicyclic) bond motifs is 1. The molecular weight excluding hydrogens is 418 g/mol. The minimum absolute atomic E-state index is 0.176.